The van der Waals surface area contributed by atoms with Crippen LogP contribution >= 0.6 is 12.4 Å². The first-order valence-corrected chi connectivity index (χ1v) is 9.56. The highest BCUT2D eigenvalue weighted by Gasteiger charge is 2.39. The number of carbonyl (C=O) groups excluding carboxylic acids is 2. The average Bonchev–Trinajstić information content (AvgIpc) is 2.68. The van der Waals surface area contributed by atoms with Crippen LogP contribution in [0.25, 0.3) is 0 Å². The molecule has 0 radical (unpaired) electrons. The highest BCUT2D eigenvalue weighted by atomic mass is 35.5. The molecule has 1 saturated heterocycles. The summed E-state index contributed by atoms with van der Waals surface area (Å²) < 4.78 is 10.9. The summed E-state index contributed by atoms with van der Waals surface area (Å²) in [5.41, 5.74) is 0.136. The van der Waals surface area contributed by atoms with Gasteiger partial charge < -0.3 is 25.0 Å². The maximum atomic E-state index is 12.9. The number of halogens is 1. The Balaban J connectivity index is 0.00000392. The van der Waals surface area contributed by atoms with Gasteiger partial charge in [-0.2, -0.15) is 0 Å². The number of nitrogens with zero attached hydrogens (tertiary/aromatic N) is 1. The molecule has 7 nitrogen and oxygen atoms in total. The molecule has 1 heterocycles. The molecule has 0 spiro atoms. The van der Waals surface area contributed by atoms with Crippen molar-refractivity contribution in [1.82, 2.24) is 10.2 Å². The minimum absolute atomic E-state index is 0. The normalized spacial score (nSPS) is 15.2. The zero-order valence-corrected chi connectivity index (χ0v) is 17.8. The Kier molecular flexibility index (Phi) is 10.3. The van der Waals surface area contributed by atoms with Crippen molar-refractivity contribution < 1.29 is 19.1 Å². The van der Waals surface area contributed by atoms with Gasteiger partial charge in [0.05, 0.1) is 12.0 Å². The van der Waals surface area contributed by atoms with Crippen LogP contribution in [0.15, 0.2) is 24.3 Å². The number of methoxy groups -OCH3 is 1. The number of nitrogens with one attached hydrogen (secondary N) is 2. The molecule has 1 aliphatic rings. The first-order chi connectivity index (χ1) is 13.0. The standard InChI is InChI=1S/C20H31N3O4.ClH/c1-4-23(5-2)18(24)14-27-17-8-6-7-16(13-17)22-19(25)20(15-26-3)9-11-21-12-10-20;/h6-8,13,21H,4-5,9-12,14-15H2,1-3H3,(H,22,25);1H. The maximum Gasteiger partial charge on any atom is 0.260 e. The molecule has 1 aromatic rings. The molecule has 8 heteroatoms. The SMILES string of the molecule is CCN(CC)C(=O)COc1cccc(NC(=O)C2(COC)CCNCC2)c1.Cl. The van der Waals surface area contributed by atoms with Crippen LogP contribution in [-0.2, 0) is 14.3 Å². The maximum absolute atomic E-state index is 12.9. The molecule has 1 fully saturated rings. The lowest BCUT2D eigenvalue weighted by atomic mass is 9.78. The van der Waals surface area contributed by atoms with Crippen LogP contribution in [0, 0.1) is 5.41 Å². The number of rotatable bonds is 9. The average molecular weight is 414 g/mol. The van der Waals surface area contributed by atoms with Gasteiger partial charge in [0, 0.05) is 32.0 Å². The second-order valence-electron chi connectivity index (χ2n) is 6.80. The molecule has 0 saturated carbocycles. The van der Waals surface area contributed by atoms with Gasteiger partial charge in [0.15, 0.2) is 6.61 Å². The van der Waals surface area contributed by atoms with Gasteiger partial charge in [-0.15, -0.1) is 12.4 Å². The molecular weight excluding hydrogens is 382 g/mol. The van der Waals surface area contributed by atoms with E-state index >= 15 is 0 Å². The lowest BCUT2D eigenvalue weighted by molar-refractivity contribution is -0.133. The van der Waals surface area contributed by atoms with Crippen LogP contribution in [0.5, 0.6) is 5.75 Å². The van der Waals surface area contributed by atoms with E-state index in [1.54, 1.807) is 30.2 Å². The molecule has 0 aromatic heterocycles. The van der Waals surface area contributed by atoms with Crippen molar-refractivity contribution in [2.45, 2.75) is 26.7 Å². The van der Waals surface area contributed by atoms with Gasteiger partial charge in [-0.1, -0.05) is 6.07 Å². The zero-order valence-electron chi connectivity index (χ0n) is 17.0. The zero-order chi connectivity index (χ0) is 19.7. The van der Waals surface area contributed by atoms with Gasteiger partial charge in [0.2, 0.25) is 5.91 Å². The van der Waals surface area contributed by atoms with E-state index in [2.05, 4.69) is 10.6 Å². The highest BCUT2D eigenvalue weighted by molar-refractivity contribution is 5.95. The predicted molar refractivity (Wildman–Crippen MR) is 112 cm³/mol. The molecule has 28 heavy (non-hydrogen) atoms. The van der Waals surface area contributed by atoms with Crippen molar-refractivity contribution in [2.24, 2.45) is 5.41 Å². The number of likely N-dealkylation sites (N-methyl/N-ethyl adjacent to an activating group) is 1. The molecule has 2 amide bonds. The van der Waals surface area contributed by atoms with E-state index in [-0.39, 0.29) is 30.8 Å². The van der Waals surface area contributed by atoms with E-state index in [4.69, 9.17) is 9.47 Å². The third kappa shape index (κ3) is 6.36. The molecule has 0 aliphatic carbocycles. The van der Waals surface area contributed by atoms with E-state index in [0.29, 0.717) is 31.1 Å². The summed E-state index contributed by atoms with van der Waals surface area (Å²) >= 11 is 0. The Morgan fingerprint density at radius 3 is 2.50 bits per heavy atom. The van der Waals surface area contributed by atoms with Crippen LogP contribution < -0.4 is 15.4 Å². The monoisotopic (exact) mass is 413 g/mol. The Hall–Kier alpha value is -1.83. The lowest BCUT2D eigenvalue weighted by Gasteiger charge is -2.35. The van der Waals surface area contributed by atoms with Gasteiger partial charge in [0.1, 0.15) is 5.75 Å². The fraction of sp³-hybridized carbons (Fsp3) is 0.600. The Morgan fingerprint density at radius 2 is 1.89 bits per heavy atom. The van der Waals surface area contributed by atoms with Gasteiger partial charge in [-0.25, -0.2) is 0 Å². The minimum atomic E-state index is -0.518. The van der Waals surface area contributed by atoms with E-state index in [1.165, 1.54) is 0 Å². The fourth-order valence-electron chi connectivity index (χ4n) is 3.36. The molecular formula is C20H32ClN3O4. The van der Waals surface area contributed by atoms with Crippen LogP contribution in [0.4, 0.5) is 5.69 Å². The predicted octanol–water partition coefficient (Wildman–Crippen LogP) is 2.31. The third-order valence-electron chi connectivity index (χ3n) is 5.03. The number of benzene rings is 1. The summed E-state index contributed by atoms with van der Waals surface area (Å²) in [4.78, 5) is 26.7. The first kappa shape index (κ1) is 24.2. The molecule has 158 valence electrons. The van der Waals surface area contributed by atoms with E-state index in [9.17, 15) is 9.59 Å². The second-order valence-corrected chi connectivity index (χ2v) is 6.80. The number of hydrogen-bond acceptors (Lipinski definition) is 5. The molecule has 2 rings (SSSR count). The topological polar surface area (TPSA) is 79.9 Å². The van der Waals surface area contributed by atoms with Crippen molar-refractivity contribution in [2.75, 3.05) is 51.8 Å². The molecule has 0 unspecified atom stereocenters. The Labute approximate surface area is 173 Å². The van der Waals surface area contributed by atoms with E-state index in [0.717, 1.165) is 25.9 Å². The summed E-state index contributed by atoms with van der Waals surface area (Å²) in [5, 5.41) is 6.27. The largest absolute Gasteiger partial charge is 0.484 e. The molecule has 1 aliphatic heterocycles. The Bertz CT molecular complexity index is 626. The van der Waals surface area contributed by atoms with Crippen molar-refractivity contribution >= 4 is 29.9 Å². The van der Waals surface area contributed by atoms with Gasteiger partial charge in [0.25, 0.3) is 5.91 Å². The molecule has 0 bridgehead atoms. The van der Waals surface area contributed by atoms with Crippen molar-refractivity contribution in [1.29, 1.82) is 0 Å². The number of ether oxygens (including phenoxy) is 2. The Morgan fingerprint density at radius 1 is 1.21 bits per heavy atom. The number of anilines is 1. The summed E-state index contributed by atoms with van der Waals surface area (Å²) in [6.07, 6.45) is 1.47. The molecule has 0 atom stereocenters. The minimum Gasteiger partial charge on any atom is -0.484 e. The van der Waals surface area contributed by atoms with Crippen molar-refractivity contribution in [3.63, 3.8) is 0 Å². The summed E-state index contributed by atoms with van der Waals surface area (Å²) in [6.45, 7) is 7.17. The number of hydrogen-bond donors (Lipinski definition) is 2. The van der Waals surface area contributed by atoms with E-state index < -0.39 is 5.41 Å². The number of amides is 2. The van der Waals surface area contributed by atoms with Gasteiger partial charge in [-0.05, 0) is 51.9 Å². The third-order valence-corrected chi connectivity index (χ3v) is 5.03. The van der Waals surface area contributed by atoms with Crippen molar-refractivity contribution in [3.8, 4) is 5.75 Å². The summed E-state index contributed by atoms with van der Waals surface area (Å²) in [6, 6.07) is 7.15. The summed E-state index contributed by atoms with van der Waals surface area (Å²) in [7, 11) is 1.62. The van der Waals surface area contributed by atoms with Crippen LogP contribution in [0.2, 0.25) is 0 Å². The highest BCUT2D eigenvalue weighted by Crippen LogP contribution is 2.31. The van der Waals surface area contributed by atoms with Gasteiger partial charge >= 0.3 is 0 Å². The first-order valence-electron chi connectivity index (χ1n) is 9.56. The van der Waals surface area contributed by atoms with Crippen LogP contribution in [0.3, 0.4) is 0 Å². The smallest absolute Gasteiger partial charge is 0.260 e. The lowest BCUT2D eigenvalue weighted by Crippen LogP contribution is -2.47. The molecule has 1 aromatic carbocycles. The quantitative estimate of drug-likeness (QED) is 0.649. The number of carbonyl (C=O) groups is 2. The molecule has 2 N–H and O–H groups in total. The fourth-order valence-corrected chi connectivity index (χ4v) is 3.36. The second kappa shape index (κ2) is 11.9. The van der Waals surface area contributed by atoms with E-state index in [1.807, 2.05) is 19.9 Å². The van der Waals surface area contributed by atoms with Crippen LogP contribution in [0.1, 0.15) is 26.7 Å². The van der Waals surface area contributed by atoms with Crippen molar-refractivity contribution in [3.05, 3.63) is 24.3 Å². The van der Waals surface area contributed by atoms with Gasteiger partial charge in [-0.3, -0.25) is 9.59 Å². The van der Waals surface area contributed by atoms with Crippen LogP contribution in [-0.4, -0.2) is 63.2 Å². The summed E-state index contributed by atoms with van der Waals surface area (Å²) in [5.74, 6) is 0.463. The number of piperidine rings is 1.